The molecular weight excluding hydrogens is 224 g/mol. The Kier molecular flexibility index (Phi) is 9.68. The van der Waals surface area contributed by atoms with E-state index in [0.29, 0.717) is 12.8 Å². The molecule has 0 rings (SSSR count). The fourth-order valence-corrected chi connectivity index (χ4v) is 1.63. The van der Waals surface area contributed by atoms with Gasteiger partial charge in [-0.2, -0.15) is 0 Å². The second-order valence-electron chi connectivity index (χ2n) is 4.37. The van der Waals surface area contributed by atoms with Crippen LogP contribution in [0.4, 0.5) is 0 Å². The molecule has 4 N–H and O–H groups in total. The van der Waals surface area contributed by atoms with E-state index in [1.807, 2.05) is 13.8 Å². The van der Waals surface area contributed by atoms with Gasteiger partial charge >= 0.3 is 0 Å². The van der Waals surface area contributed by atoms with Crippen LogP contribution >= 0.6 is 0 Å². The molecule has 0 radical (unpaired) electrons. The lowest BCUT2D eigenvalue weighted by molar-refractivity contribution is -0.0542. The first-order valence-electron chi connectivity index (χ1n) is 6.26. The van der Waals surface area contributed by atoms with Crippen LogP contribution in [0.1, 0.15) is 26.7 Å². The highest BCUT2D eigenvalue weighted by Gasteiger charge is 2.19. The van der Waals surface area contributed by atoms with Crippen molar-refractivity contribution in [3.05, 3.63) is 0 Å². The molecule has 5 heteroatoms. The molecule has 4 unspecified atom stereocenters. The highest BCUT2D eigenvalue weighted by Crippen LogP contribution is 2.11. The van der Waals surface area contributed by atoms with Crippen molar-refractivity contribution in [2.45, 2.75) is 38.9 Å². The van der Waals surface area contributed by atoms with Crippen molar-refractivity contribution in [2.75, 3.05) is 26.4 Å². The molecule has 17 heavy (non-hydrogen) atoms. The highest BCUT2D eigenvalue weighted by molar-refractivity contribution is 4.68. The van der Waals surface area contributed by atoms with Crippen molar-refractivity contribution in [1.29, 1.82) is 0 Å². The van der Waals surface area contributed by atoms with Crippen molar-refractivity contribution in [2.24, 2.45) is 11.8 Å². The van der Waals surface area contributed by atoms with Gasteiger partial charge in [0, 0.05) is 25.0 Å². The SMILES string of the molecule is CCC(CO)C(O)COCC(O)C(CC)CO. The summed E-state index contributed by atoms with van der Waals surface area (Å²) in [6, 6.07) is 0. The maximum absolute atomic E-state index is 9.66. The van der Waals surface area contributed by atoms with Crippen LogP contribution in [0.3, 0.4) is 0 Å². The Hall–Kier alpha value is -0.200. The van der Waals surface area contributed by atoms with E-state index in [0.717, 1.165) is 0 Å². The second kappa shape index (κ2) is 9.79. The standard InChI is InChI=1S/C12H26O5/c1-3-9(5-13)11(15)7-17-8-12(16)10(4-2)6-14/h9-16H,3-8H2,1-2H3. The van der Waals surface area contributed by atoms with E-state index in [2.05, 4.69) is 0 Å². The predicted octanol–water partition coefficient (Wildman–Crippen LogP) is -0.238. The quantitative estimate of drug-likeness (QED) is 0.430. The largest absolute Gasteiger partial charge is 0.396 e. The van der Waals surface area contributed by atoms with Gasteiger partial charge in [0.05, 0.1) is 25.4 Å². The van der Waals surface area contributed by atoms with Gasteiger partial charge in [-0.05, 0) is 12.8 Å². The van der Waals surface area contributed by atoms with Crippen LogP contribution in [0.25, 0.3) is 0 Å². The van der Waals surface area contributed by atoms with Gasteiger partial charge in [-0.3, -0.25) is 0 Å². The monoisotopic (exact) mass is 250 g/mol. The van der Waals surface area contributed by atoms with E-state index in [1.54, 1.807) is 0 Å². The summed E-state index contributed by atoms with van der Waals surface area (Å²) in [5, 5.41) is 37.3. The lowest BCUT2D eigenvalue weighted by Gasteiger charge is -2.22. The number of aliphatic hydroxyl groups is 4. The topological polar surface area (TPSA) is 90.2 Å². The molecule has 0 aromatic carbocycles. The van der Waals surface area contributed by atoms with Gasteiger partial charge in [0.1, 0.15) is 0 Å². The van der Waals surface area contributed by atoms with Gasteiger partial charge in [0.25, 0.3) is 0 Å². The van der Waals surface area contributed by atoms with Crippen molar-refractivity contribution >= 4 is 0 Å². The van der Waals surface area contributed by atoms with Crippen LogP contribution in [0, 0.1) is 11.8 Å². The average molecular weight is 250 g/mol. The molecule has 0 aromatic rings. The Morgan fingerprint density at radius 1 is 0.824 bits per heavy atom. The third-order valence-corrected chi connectivity index (χ3v) is 3.18. The van der Waals surface area contributed by atoms with E-state index in [1.165, 1.54) is 0 Å². The van der Waals surface area contributed by atoms with Crippen LogP contribution in [-0.2, 0) is 4.74 Å². The molecule has 0 spiro atoms. The van der Waals surface area contributed by atoms with Crippen molar-refractivity contribution in [3.8, 4) is 0 Å². The van der Waals surface area contributed by atoms with Gasteiger partial charge in [-0.1, -0.05) is 13.8 Å². The van der Waals surface area contributed by atoms with Crippen molar-refractivity contribution < 1.29 is 25.2 Å². The minimum atomic E-state index is -0.716. The van der Waals surface area contributed by atoms with Gasteiger partial charge in [0.15, 0.2) is 0 Å². The van der Waals surface area contributed by atoms with E-state index in [-0.39, 0.29) is 38.3 Å². The van der Waals surface area contributed by atoms with E-state index < -0.39 is 12.2 Å². The van der Waals surface area contributed by atoms with Gasteiger partial charge in [0.2, 0.25) is 0 Å². The maximum Gasteiger partial charge on any atom is 0.0823 e. The number of hydrogen-bond acceptors (Lipinski definition) is 5. The summed E-state index contributed by atoms with van der Waals surface area (Å²) >= 11 is 0. The first kappa shape index (κ1) is 16.8. The van der Waals surface area contributed by atoms with Crippen molar-refractivity contribution in [1.82, 2.24) is 0 Å². The molecule has 4 atom stereocenters. The first-order valence-corrected chi connectivity index (χ1v) is 6.26. The zero-order valence-corrected chi connectivity index (χ0v) is 10.7. The second-order valence-corrected chi connectivity index (χ2v) is 4.37. The molecule has 0 heterocycles. The summed E-state index contributed by atoms with van der Waals surface area (Å²) in [7, 11) is 0. The van der Waals surface area contributed by atoms with Crippen LogP contribution in [-0.4, -0.2) is 59.1 Å². The number of rotatable bonds is 10. The van der Waals surface area contributed by atoms with E-state index >= 15 is 0 Å². The van der Waals surface area contributed by atoms with E-state index in [4.69, 9.17) is 14.9 Å². The summed E-state index contributed by atoms with van der Waals surface area (Å²) in [4.78, 5) is 0. The number of hydrogen-bond donors (Lipinski definition) is 4. The molecule has 0 bridgehead atoms. The summed E-state index contributed by atoms with van der Waals surface area (Å²) < 4.78 is 5.20. The highest BCUT2D eigenvalue weighted by atomic mass is 16.5. The number of aliphatic hydroxyl groups excluding tert-OH is 4. The molecule has 0 aromatic heterocycles. The molecule has 0 fully saturated rings. The molecule has 0 amide bonds. The zero-order valence-electron chi connectivity index (χ0n) is 10.7. The average Bonchev–Trinajstić information content (AvgIpc) is 2.32. The van der Waals surface area contributed by atoms with Gasteiger partial charge in [-0.15, -0.1) is 0 Å². The predicted molar refractivity (Wildman–Crippen MR) is 64.6 cm³/mol. The lowest BCUT2D eigenvalue weighted by atomic mass is 10.0. The molecular formula is C12H26O5. The fraction of sp³-hybridized carbons (Fsp3) is 1.00. The molecule has 0 aliphatic heterocycles. The third-order valence-electron chi connectivity index (χ3n) is 3.18. The van der Waals surface area contributed by atoms with Crippen molar-refractivity contribution in [3.63, 3.8) is 0 Å². The third kappa shape index (κ3) is 6.33. The first-order chi connectivity index (χ1) is 8.10. The van der Waals surface area contributed by atoms with Gasteiger partial charge < -0.3 is 25.2 Å². The molecule has 0 aliphatic carbocycles. The van der Waals surface area contributed by atoms with E-state index in [9.17, 15) is 10.2 Å². The molecule has 0 saturated carbocycles. The Morgan fingerprint density at radius 3 is 1.41 bits per heavy atom. The minimum absolute atomic E-state index is 0.0716. The van der Waals surface area contributed by atoms with Gasteiger partial charge in [-0.25, -0.2) is 0 Å². The minimum Gasteiger partial charge on any atom is -0.396 e. The zero-order chi connectivity index (χ0) is 13.3. The van der Waals surface area contributed by atoms with Crippen LogP contribution in [0.15, 0.2) is 0 Å². The summed E-state index contributed by atoms with van der Waals surface area (Å²) in [6.45, 7) is 3.82. The number of ether oxygens (including phenoxy) is 1. The molecule has 5 nitrogen and oxygen atoms in total. The Balaban J connectivity index is 3.82. The molecule has 0 saturated heterocycles. The summed E-state index contributed by atoms with van der Waals surface area (Å²) in [5.41, 5.74) is 0. The van der Waals surface area contributed by atoms with Crippen LogP contribution in [0.2, 0.25) is 0 Å². The lowest BCUT2D eigenvalue weighted by Crippen LogP contribution is -2.32. The van der Waals surface area contributed by atoms with Crippen LogP contribution < -0.4 is 0 Å². The Morgan fingerprint density at radius 2 is 1.18 bits per heavy atom. The summed E-state index contributed by atoms with van der Waals surface area (Å²) in [6.07, 6.45) is -0.0758. The summed E-state index contributed by atoms with van der Waals surface area (Å²) in [5.74, 6) is -0.376. The Bertz CT molecular complexity index is 150. The molecule has 104 valence electrons. The molecule has 0 aliphatic rings. The fourth-order valence-electron chi connectivity index (χ4n) is 1.63. The normalized spacial score (nSPS) is 18.7. The van der Waals surface area contributed by atoms with Crippen LogP contribution in [0.5, 0.6) is 0 Å². The Labute approximate surface area is 103 Å². The maximum atomic E-state index is 9.66. The smallest absolute Gasteiger partial charge is 0.0823 e.